The molecule has 24 heavy (non-hydrogen) atoms. The Balaban J connectivity index is 2.20. The highest BCUT2D eigenvalue weighted by molar-refractivity contribution is 9.10. The lowest BCUT2D eigenvalue weighted by atomic mass is 10.2. The molecule has 0 aliphatic heterocycles. The number of para-hydroxylation sites is 1. The molecule has 0 aromatic heterocycles. The summed E-state index contributed by atoms with van der Waals surface area (Å²) in [7, 11) is 0. The minimum atomic E-state index is -0.906. The van der Waals surface area contributed by atoms with Gasteiger partial charge in [-0.05, 0) is 36.8 Å². The van der Waals surface area contributed by atoms with Gasteiger partial charge >= 0.3 is 0 Å². The lowest BCUT2D eigenvalue weighted by Gasteiger charge is -2.21. The van der Waals surface area contributed by atoms with Crippen LogP contribution in [0.1, 0.15) is 12.5 Å². The van der Waals surface area contributed by atoms with Crippen molar-refractivity contribution in [3.8, 4) is 0 Å². The van der Waals surface area contributed by atoms with E-state index in [-0.39, 0.29) is 0 Å². The van der Waals surface area contributed by atoms with Crippen LogP contribution in [-0.4, -0.2) is 18.4 Å². The van der Waals surface area contributed by atoms with Crippen LogP contribution in [0.4, 0.5) is 20.2 Å². The Morgan fingerprint density at radius 1 is 1.17 bits per heavy atom. The summed E-state index contributed by atoms with van der Waals surface area (Å²) in [6.07, 6.45) is 0. The van der Waals surface area contributed by atoms with E-state index in [0.717, 1.165) is 34.0 Å². The molecule has 7 heteroatoms. The summed E-state index contributed by atoms with van der Waals surface area (Å²) < 4.78 is 28.5. The molecule has 2 amide bonds. The van der Waals surface area contributed by atoms with Gasteiger partial charge in [-0.15, -0.1) is 0 Å². The van der Waals surface area contributed by atoms with E-state index in [0.29, 0.717) is 5.69 Å². The molecule has 0 unspecified atom stereocenters. The van der Waals surface area contributed by atoms with E-state index in [1.807, 2.05) is 6.92 Å². The summed E-state index contributed by atoms with van der Waals surface area (Å²) in [6.45, 7) is 2.54. The highest BCUT2D eigenvalue weighted by Gasteiger charge is 2.22. The first-order chi connectivity index (χ1) is 11.3. The average Bonchev–Trinajstić information content (AvgIpc) is 2.49. The van der Waals surface area contributed by atoms with Gasteiger partial charge in [0.2, 0.25) is 11.8 Å². The zero-order chi connectivity index (χ0) is 17.9. The molecule has 4 nitrogen and oxygen atoms in total. The Bertz CT molecular complexity index is 776. The average molecular weight is 397 g/mol. The standard InChI is InChI=1S/C17H15BrF2N2O2/c1-10-6-7-12(8-13(10)18)21-16(24)9-22(11(2)23)17-14(19)4-3-5-15(17)20/h3-8H,9H2,1-2H3,(H,21,24). The summed E-state index contributed by atoms with van der Waals surface area (Å²) in [4.78, 5) is 24.7. The number of halogens is 3. The van der Waals surface area contributed by atoms with Crippen molar-refractivity contribution in [2.75, 3.05) is 16.8 Å². The molecule has 2 rings (SSSR count). The number of hydrogen-bond donors (Lipinski definition) is 1. The predicted molar refractivity (Wildman–Crippen MR) is 91.9 cm³/mol. The summed E-state index contributed by atoms with van der Waals surface area (Å²) in [5.74, 6) is -3.02. The molecule has 126 valence electrons. The highest BCUT2D eigenvalue weighted by Crippen LogP contribution is 2.24. The second-order valence-electron chi connectivity index (χ2n) is 5.19. The van der Waals surface area contributed by atoms with Crippen molar-refractivity contribution in [1.29, 1.82) is 0 Å². The summed E-state index contributed by atoms with van der Waals surface area (Å²) in [5.41, 5.74) is 0.965. The quantitative estimate of drug-likeness (QED) is 0.847. The predicted octanol–water partition coefficient (Wildman–Crippen LogP) is 4.03. The second-order valence-corrected chi connectivity index (χ2v) is 6.04. The van der Waals surface area contributed by atoms with E-state index in [9.17, 15) is 18.4 Å². The number of anilines is 2. The van der Waals surface area contributed by atoms with Crippen LogP contribution < -0.4 is 10.2 Å². The number of carbonyl (C=O) groups is 2. The molecule has 0 atom stereocenters. The molecule has 2 aromatic carbocycles. The van der Waals surface area contributed by atoms with Gasteiger partial charge in [-0.2, -0.15) is 0 Å². The Hall–Kier alpha value is -2.28. The van der Waals surface area contributed by atoms with Crippen molar-refractivity contribution in [3.05, 3.63) is 58.1 Å². The van der Waals surface area contributed by atoms with E-state index < -0.39 is 35.7 Å². The Kier molecular flexibility index (Phi) is 5.66. The van der Waals surface area contributed by atoms with Crippen molar-refractivity contribution < 1.29 is 18.4 Å². The number of nitrogens with one attached hydrogen (secondary N) is 1. The number of rotatable bonds is 4. The van der Waals surface area contributed by atoms with Crippen molar-refractivity contribution in [2.45, 2.75) is 13.8 Å². The summed E-state index contributed by atoms with van der Waals surface area (Å²) in [6, 6.07) is 8.46. The molecule has 0 radical (unpaired) electrons. The number of hydrogen-bond acceptors (Lipinski definition) is 2. The molecule has 0 spiro atoms. The molecule has 2 aromatic rings. The molecular weight excluding hydrogens is 382 g/mol. The minimum absolute atomic E-state index is 0.501. The maximum atomic E-state index is 13.9. The van der Waals surface area contributed by atoms with Gasteiger partial charge in [0.1, 0.15) is 23.9 Å². The van der Waals surface area contributed by atoms with Crippen LogP contribution in [0.2, 0.25) is 0 Å². The minimum Gasteiger partial charge on any atom is -0.324 e. The topological polar surface area (TPSA) is 49.4 Å². The van der Waals surface area contributed by atoms with Gasteiger partial charge in [-0.1, -0.05) is 28.1 Å². The van der Waals surface area contributed by atoms with Crippen LogP contribution in [0.15, 0.2) is 40.9 Å². The van der Waals surface area contributed by atoms with Crippen LogP contribution in [0.25, 0.3) is 0 Å². The molecule has 1 N–H and O–H groups in total. The molecule has 0 aliphatic rings. The van der Waals surface area contributed by atoms with Gasteiger partial charge in [-0.3, -0.25) is 14.5 Å². The third-order valence-corrected chi connectivity index (χ3v) is 4.20. The van der Waals surface area contributed by atoms with Gasteiger partial charge < -0.3 is 5.32 Å². The van der Waals surface area contributed by atoms with Crippen molar-refractivity contribution in [3.63, 3.8) is 0 Å². The maximum absolute atomic E-state index is 13.9. The lowest BCUT2D eigenvalue weighted by Crippen LogP contribution is -2.37. The molecule has 0 fully saturated rings. The summed E-state index contributed by atoms with van der Waals surface area (Å²) >= 11 is 3.35. The molecule has 0 bridgehead atoms. The van der Waals surface area contributed by atoms with Crippen LogP contribution in [0.3, 0.4) is 0 Å². The lowest BCUT2D eigenvalue weighted by molar-refractivity contribution is -0.120. The third-order valence-electron chi connectivity index (χ3n) is 3.34. The Labute approximate surface area is 146 Å². The van der Waals surface area contributed by atoms with Crippen LogP contribution in [-0.2, 0) is 9.59 Å². The van der Waals surface area contributed by atoms with E-state index >= 15 is 0 Å². The van der Waals surface area contributed by atoms with Gasteiger partial charge in [-0.25, -0.2) is 8.78 Å². The molecular formula is C17H15BrF2N2O2. The number of aryl methyl sites for hydroxylation is 1. The van der Waals surface area contributed by atoms with Crippen LogP contribution >= 0.6 is 15.9 Å². The van der Waals surface area contributed by atoms with E-state index in [1.54, 1.807) is 18.2 Å². The number of benzene rings is 2. The monoisotopic (exact) mass is 396 g/mol. The maximum Gasteiger partial charge on any atom is 0.244 e. The zero-order valence-electron chi connectivity index (χ0n) is 13.1. The van der Waals surface area contributed by atoms with Gasteiger partial charge in [0.25, 0.3) is 0 Å². The summed E-state index contributed by atoms with van der Waals surface area (Å²) in [5, 5.41) is 2.60. The largest absolute Gasteiger partial charge is 0.324 e. The highest BCUT2D eigenvalue weighted by atomic mass is 79.9. The first-order valence-electron chi connectivity index (χ1n) is 7.07. The molecule has 0 aliphatic carbocycles. The van der Waals surface area contributed by atoms with Gasteiger partial charge in [0, 0.05) is 17.1 Å². The van der Waals surface area contributed by atoms with E-state index in [1.165, 1.54) is 6.07 Å². The molecule has 0 heterocycles. The second kappa shape index (κ2) is 7.53. The number of amides is 2. The third kappa shape index (κ3) is 4.17. The van der Waals surface area contributed by atoms with Crippen molar-refractivity contribution in [2.24, 2.45) is 0 Å². The fourth-order valence-electron chi connectivity index (χ4n) is 2.11. The van der Waals surface area contributed by atoms with Crippen molar-refractivity contribution >= 4 is 39.1 Å². The van der Waals surface area contributed by atoms with Crippen LogP contribution in [0.5, 0.6) is 0 Å². The fourth-order valence-corrected chi connectivity index (χ4v) is 2.49. The normalized spacial score (nSPS) is 10.4. The van der Waals surface area contributed by atoms with Gasteiger partial charge in [0.15, 0.2) is 0 Å². The molecule has 0 saturated carbocycles. The number of carbonyl (C=O) groups excluding carboxylic acids is 2. The first kappa shape index (κ1) is 18.1. The first-order valence-corrected chi connectivity index (χ1v) is 7.87. The SMILES string of the molecule is CC(=O)N(CC(=O)Nc1ccc(C)c(Br)c1)c1c(F)cccc1F. The Morgan fingerprint density at radius 2 is 1.79 bits per heavy atom. The van der Waals surface area contributed by atoms with E-state index in [4.69, 9.17) is 0 Å². The zero-order valence-corrected chi connectivity index (χ0v) is 14.7. The molecule has 0 saturated heterocycles. The van der Waals surface area contributed by atoms with E-state index in [2.05, 4.69) is 21.2 Å². The number of nitrogens with zero attached hydrogens (tertiary/aromatic N) is 1. The Morgan fingerprint density at radius 3 is 2.33 bits per heavy atom. The smallest absolute Gasteiger partial charge is 0.244 e. The van der Waals surface area contributed by atoms with Crippen LogP contribution in [0, 0.1) is 18.6 Å². The van der Waals surface area contributed by atoms with Crippen molar-refractivity contribution in [1.82, 2.24) is 0 Å². The fraction of sp³-hybridized carbons (Fsp3) is 0.176. The van der Waals surface area contributed by atoms with Gasteiger partial charge in [0.05, 0.1) is 0 Å².